The molecule has 2 saturated heterocycles. The normalized spacial score (nSPS) is 20.8. The number of carbonyl (C=O) groups is 3. The molecule has 2 aromatic carbocycles. The molecule has 176 valence electrons. The van der Waals surface area contributed by atoms with Crippen molar-refractivity contribution < 1.29 is 22.8 Å². The number of nitrogens with one attached hydrogen (secondary N) is 2. The van der Waals surface area contributed by atoms with Crippen molar-refractivity contribution in [3.05, 3.63) is 59.7 Å². The zero-order valence-electron chi connectivity index (χ0n) is 18.4. The number of nitriles is 1. The van der Waals surface area contributed by atoms with E-state index in [0.717, 1.165) is 17.7 Å². The van der Waals surface area contributed by atoms with Crippen molar-refractivity contribution in [2.45, 2.75) is 30.2 Å². The van der Waals surface area contributed by atoms with Crippen LogP contribution in [0.5, 0.6) is 0 Å². The van der Waals surface area contributed by atoms with E-state index < -0.39 is 40.0 Å². The number of urea groups is 1. The molecule has 11 heteroatoms. The quantitative estimate of drug-likeness (QED) is 0.603. The lowest BCUT2D eigenvalue weighted by atomic mass is 9.91. The second-order valence-electron chi connectivity index (χ2n) is 8.32. The maximum Gasteiger partial charge on any atom is 0.325 e. The summed E-state index contributed by atoms with van der Waals surface area (Å²) in [5.41, 5.74) is -0.119. The van der Waals surface area contributed by atoms with Crippen molar-refractivity contribution in [3.8, 4) is 6.07 Å². The maximum absolute atomic E-state index is 13.0. The molecule has 0 spiro atoms. The van der Waals surface area contributed by atoms with Crippen molar-refractivity contribution in [3.63, 3.8) is 0 Å². The minimum atomic E-state index is -3.56. The Morgan fingerprint density at radius 1 is 1.09 bits per heavy atom. The van der Waals surface area contributed by atoms with E-state index in [0.29, 0.717) is 29.9 Å². The molecule has 2 heterocycles. The Kier molecular flexibility index (Phi) is 6.12. The highest BCUT2D eigenvalue weighted by Gasteiger charge is 2.49. The van der Waals surface area contributed by atoms with Gasteiger partial charge < -0.3 is 10.6 Å². The van der Waals surface area contributed by atoms with E-state index in [9.17, 15) is 22.8 Å². The maximum atomic E-state index is 13.0. The molecule has 2 aromatic rings. The zero-order chi connectivity index (χ0) is 24.5. The molecule has 0 radical (unpaired) electrons. The van der Waals surface area contributed by atoms with Gasteiger partial charge in [-0.3, -0.25) is 14.5 Å². The van der Waals surface area contributed by atoms with Crippen molar-refractivity contribution in [2.24, 2.45) is 0 Å². The van der Waals surface area contributed by atoms with Gasteiger partial charge in [0.25, 0.3) is 5.91 Å². The minimum Gasteiger partial charge on any atom is -0.325 e. The number of amides is 4. The van der Waals surface area contributed by atoms with Crippen molar-refractivity contribution in [2.75, 3.05) is 25.0 Å². The fourth-order valence-corrected chi connectivity index (χ4v) is 5.56. The van der Waals surface area contributed by atoms with E-state index in [4.69, 9.17) is 5.26 Å². The highest BCUT2D eigenvalue weighted by molar-refractivity contribution is 7.89. The van der Waals surface area contributed by atoms with Crippen molar-refractivity contribution in [1.29, 1.82) is 5.26 Å². The first-order valence-electron chi connectivity index (χ1n) is 10.7. The van der Waals surface area contributed by atoms with Gasteiger partial charge >= 0.3 is 6.03 Å². The van der Waals surface area contributed by atoms with Crippen LogP contribution in [0.1, 0.15) is 30.9 Å². The number of anilines is 1. The number of imide groups is 1. The van der Waals surface area contributed by atoms with Gasteiger partial charge in [0.05, 0.1) is 16.5 Å². The molecule has 1 atom stereocenters. The lowest BCUT2D eigenvalue weighted by Gasteiger charge is -2.22. The molecule has 0 aliphatic carbocycles. The van der Waals surface area contributed by atoms with Gasteiger partial charge in [-0.25, -0.2) is 13.2 Å². The number of benzene rings is 2. The molecule has 34 heavy (non-hydrogen) atoms. The van der Waals surface area contributed by atoms with Crippen LogP contribution in [-0.4, -0.2) is 55.1 Å². The molecule has 4 amide bonds. The number of nitrogens with zero attached hydrogens (tertiary/aromatic N) is 3. The van der Waals surface area contributed by atoms with E-state index in [2.05, 4.69) is 10.6 Å². The van der Waals surface area contributed by atoms with Crippen LogP contribution in [-0.2, 0) is 25.2 Å². The third-order valence-corrected chi connectivity index (χ3v) is 7.92. The van der Waals surface area contributed by atoms with Crippen LogP contribution < -0.4 is 10.6 Å². The molecule has 10 nitrogen and oxygen atoms in total. The summed E-state index contributed by atoms with van der Waals surface area (Å²) in [4.78, 5) is 38.9. The van der Waals surface area contributed by atoms with E-state index in [1.807, 2.05) is 6.07 Å². The van der Waals surface area contributed by atoms with Crippen molar-refractivity contribution >= 4 is 33.6 Å². The predicted octanol–water partition coefficient (Wildman–Crippen LogP) is 1.75. The second-order valence-corrected chi connectivity index (χ2v) is 10.3. The van der Waals surface area contributed by atoms with Crippen LogP contribution in [0.4, 0.5) is 10.5 Å². The Balaban J connectivity index is 1.42. The fraction of sp³-hybridized carbons (Fsp3) is 0.304. The summed E-state index contributed by atoms with van der Waals surface area (Å²) in [6.45, 7) is 2.01. The molecular formula is C23H23N5O5S. The molecule has 0 bridgehead atoms. The van der Waals surface area contributed by atoms with E-state index in [1.54, 1.807) is 24.3 Å². The highest BCUT2D eigenvalue weighted by atomic mass is 32.2. The first-order valence-corrected chi connectivity index (χ1v) is 12.1. The number of rotatable bonds is 6. The average Bonchev–Trinajstić information content (AvgIpc) is 3.44. The van der Waals surface area contributed by atoms with E-state index in [1.165, 1.54) is 35.5 Å². The topological polar surface area (TPSA) is 140 Å². The Bertz CT molecular complexity index is 1280. The molecule has 2 fully saturated rings. The Morgan fingerprint density at radius 2 is 1.71 bits per heavy atom. The third kappa shape index (κ3) is 4.25. The van der Waals surface area contributed by atoms with Crippen LogP contribution in [0.3, 0.4) is 0 Å². The monoisotopic (exact) mass is 481 g/mol. The minimum absolute atomic E-state index is 0.139. The number of hydrogen-bond acceptors (Lipinski definition) is 6. The lowest BCUT2D eigenvalue weighted by Crippen LogP contribution is -2.42. The summed E-state index contributed by atoms with van der Waals surface area (Å²) >= 11 is 0. The fourth-order valence-electron chi connectivity index (χ4n) is 4.05. The summed E-state index contributed by atoms with van der Waals surface area (Å²) in [6, 6.07) is 13.3. The van der Waals surface area contributed by atoms with E-state index >= 15 is 0 Å². The molecular weight excluding hydrogens is 458 g/mol. The van der Waals surface area contributed by atoms with Crippen LogP contribution in [0.15, 0.2) is 53.4 Å². The molecule has 2 aliphatic heterocycles. The molecule has 4 rings (SSSR count). The van der Waals surface area contributed by atoms with Gasteiger partial charge in [-0.1, -0.05) is 12.1 Å². The summed E-state index contributed by atoms with van der Waals surface area (Å²) in [5, 5.41) is 14.1. The second kappa shape index (κ2) is 8.89. The van der Waals surface area contributed by atoms with Crippen LogP contribution in [0.25, 0.3) is 0 Å². The highest BCUT2D eigenvalue weighted by Crippen LogP contribution is 2.29. The van der Waals surface area contributed by atoms with Gasteiger partial charge in [-0.2, -0.15) is 9.57 Å². The third-order valence-electron chi connectivity index (χ3n) is 6.01. The van der Waals surface area contributed by atoms with Gasteiger partial charge in [0.2, 0.25) is 15.9 Å². The summed E-state index contributed by atoms with van der Waals surface area (Å²) in [6.07, 6.45) is 1.67. The summed E-state index contributed by atoms with van der Waals surface area (Å²) < 4.78 is 26.7. The van der Waals surface area contributed by atoms with Gasteiger partial charge in [0, 0.05) is 18.8 Å². The van der Waals surface area contributed by atoms with E-state index in [-0.39, 0.29) is 4.90 Å². The Morgan fingerprint density at radius 3 is 2.29 bits per heavy atom. The largest absolute Gasteiger partial charge is 0.325 e. The standard InChI is InChI=1S/C23H23N5O5S/c1-23(17-6-4-16(14-24)5-7-17)21(30)28(22(31)26-23)15-20(29)25-18-8-10-19(11-9-18)34(32,33)27-12-2-3-13-27/h4-11H,2-3,12-13,15H2,1H3,(H,25,29)(H,26,31)/t23-/m0/s1. The summed E-state index contributed by atoms with van der Waals surface area (Å²) in [7, 11) is -3.56. The first-order chi connectivity index (χ1) is 16.1. The number of carbonyl (C=O) groups excluding carboxylic acids is 3. The average molecular weight is 482 g/mol. The van der Waals surface area contributed by atoms with Crippen LogP contribution >= 0.6 is 0 Å². The van der Waals surface area contributed by atoms with Gasteiger partial charge in [-0.15, -0.1) is 0 Å². The molecule has 0 unspecified atom stereocenters. The molecule has 0 aromatic heterocycles. The Hall–Kier alpha value is -3.75. The molecule has 2 N–H and O–H groups in total. The predicted molar refractivity (Wildman–Crippen MR) is 122 cm³/mol. The number of sulfonamides is 1. The molecule has 0 saturated carbocycles. The van der Waals surface area contributed by atoms with Crippen molar-refractivity contribution in [1.82, 2.24) is 14.5 Å². The SMILES string of the molecule is C[C@@]1(c2ccc(C#N)cc2)NC(=O)N(CC(=O)Nc2ccc(S(=O)(=O)N3CCCC3)cc2)C1=O. The van der Waals surface area contributed by atoms with Crippen LogP contribution in [0, 0.1) is 11.3 Å². The zero-order valence-corrected chi connectivity index (χ0v) is 19.3. The smallest absolute Gasteiger partial charge is 0.325 e. The first kappa shape index (κ1) is 23.4. The summed E-state index contributed by atoms with van der Waals surface area (Å²) in [5.74, 6) is -1.20. The molecule has 2 aliphatic rings. The van der Waals surface area contributed by atoms with Gasteiger partial charge in [0.15, 0.2) is 0 Å². The number of hydrogen-bond donors (Lipinski definition) is 2. The van der Waals surface area contributed by atoms with Crippen LogP contribution in [0.2, 0.25) is 0 Å². The Labute approximate surface area is 197 Å². The van der Waals surface area contributed by atoms with Gasteiger partial charge in [0.1, 0.15) is 12.1 Å². The van der Waals surface area contributed by atoms with Gasteiger partial charge in [-0.05, 0) is 61.7 Å². The lowest BCUT2D eigenvalue weighted by molar-refractivity contribution is -0.133.